The summed E-state index contributed by atoms with van der Waals surface area (Å²) in [7, 11) is -3.33. The van der Waals surface area contributed by atoms with Gasteiger partial charge in [0.25, 0.3) is 0 Å². The number of hydrogen-bond acceptors (Lipinski definition) is 4. The predicted molar refractivity (Wildman–Crippen MR) is 109 cm³/mol. The summed E-state index contributed by atoms with van der Waals surface area (Å²) in [5.74, 6) is 0.0826. The van der Waals surface area contributed by atoms with E-state index in [1.165, 1.54) is 12.8 Å². The number of nitrogens with one attached hydrogen (secondary N) is 1. The molecular formula is C21H31N3O3S. The first-order chi connectivity index (χ1) is 13.5. The van der Waals surface area contributed by atoms with Crippen molar-refractivity contribution in [2.45, 2.75) is 56.4 Å². The van der Waals surface area contributed by atoms with Crippen LogP contribution < -0.4 is 5.32 Å². The highest BCUT2D eigenvalue weighted by Crippen LogP contribution is 2.29. The molecule has 2 saturated heterocycles. The highest BCUT2D eigenvalue weighted by atomic mass is 32.2. The fourth-order valence-electron chi connectivity index (χ4n) is 4.44. The second kappa shape index (κ2) is 8.51. The lowest BCUT2D eigenvalue weighted by atomic mass is 9.96. The van der Waals surface area contributed by atoms with Gasteiger partial charge in [0.15, 0.2) is 0 Å². The van der Waals surface area contributed by atoms with Crippen LogP contribution in [0.25, 0.3) is 0 Å². The Balaban J connectivity index is 1.22. The summed E-state index contributed by atoms with van der Waals surface area (Å²) in [4.78, 5) is 15.2. The van der Waals surface area contributed by atoms with Crippen LogP contribution in [0.4, 0.5) is 0 Å². The second-order valence-corrected chi connectivity index (χ2v) is 10.4. The van der Waals surface area contributed by atoms with Crippen LogP contribution in [-0.4, -0.2) is 61.8 Å². The van der Waals surface area contributed by atoms with Crippen molar-refractivity contribution in [2.75, 3.05) is 26.2 Å². The summed E-state index contributed by atoms with van der Waals surface area (Å²) in [5.41, 5.74) is 0.805. The summed E-state index contributed by atoms with van der Waals surface area (Å²) < 4.78 is 26.9. The molecular weight excluding hydrogens is 374 g/mol. The molecule has 7 heteroatoms. The molecule has 0 spiro atoms. The Bertz CT molecular complexity index is 763. The normalized spacial score (nSPS) is 23.6. The molecule has 28 heavy (non-hydrogen) atoms. The molecule has 3 aliphatic rings. The number of benzene rings is 1. The molecule has 1 aromatic carbocycles. The number of likely N-dealkylation sites (tertiary alicyclic amines) is 1. The topological polar surface area (TPSA) is 69.7 Å². The van der Waals surface area contributed by atoms with Crippen LogP contribution in [-0.2, 0) is 20.6 Å². The maximum absolute atomic E-state index is 12.7. The smallest absolute Gasteiger partial charge is 0.223 e. The summed E-state index contributed by atoms with van der Waals surface area (Å²) in [5, 5.41) is 3.23. The molecule has 4 rings (SSSR count). The van der Waals surface area contributed by atoms with Gasteiger partial charge in [-0.05, 0) is 44.1 Å². The molecule has 1 N–H and O–H groups in total. The SMILES string of the molecule is O=C(NC1CCN(C2CC2)CC1)C1CCN(S(=O)(=O)Cc2ccccc2)CC1. The molecule has 3 fully saturated rings. The van der Waals surface area contributed by atoms with E-state index in [0.717, 1.165) is 37.5 Å². The third-order valence-electron chi connectivity index (χ3n) is 6.35. The van der Waals surface area contributed by atoms with Gasteiger partial charge in [-0.3, -0.25) is 4.79 Å². The van der Waals surface area contributed by atoms with Crippen molar-refractivity contribution >= 4 is 15.9 Å². The minimum Gasteiger partial charge on any atom is -0.353 e. The highest BCUT2D eigenvalue weighted by molar-refractivity contribution is 7.88. The molecule has 0 radical (unpaired) electrons. The van der Waals surface area contributed by atoms with Crippen LogP contribution in [0.15, 0.2) is 30.3 Å². The number of carbonyl (C=O) groups excluding carboxylic acids is 1. The van der Waals surface area contributed by atoms with Gasteiger partial charge in [-0.25, -0.2) is 12.7 Å². The Morgan fingerprint density at radius 3 is 2.18 bits per heavy atom. The average Bonchev–Trinajstić information content (AvgIpc) is 3.54. The fourth-order valence-corrected chi connectivity index (χ4v) is 6.00. The molecule has 2 heterocycles. The van der Waals surface area contributed by atoms with E-state index in [2.05, 4.69) is 10.2 Å². The maximum atomic E-state index is 12.7. The monoisotopic (exact) mass is 405 g/mol. The number of amides is 1. The first-order valence-corrected chi connectivity index (χ1v) is 12.2. The van der Waals surface area contributed by atoms with Gasteiger partial charge in [0.2, 0.25) is 15.9 Å². The Morgan fingerprint density at radius 2 is 1.57 bits per heavy atom. The summed E-state index contributed by atoms with van der Waals surface area (Å²) in [6.07, 6.45) is 5.96. The Labute approximate surface area is 168 Å². The van der Waals surface area contributed by atoms with Gasteiger partial charge < -0.3 is 10.2 Å². The minimum absolute atomic E-state index is 0.0320. The summed E-state index contributed by atoms with van der Waals surface area (Å²) in [6, 6.07) is 10.4. The molecule has 1 aromatic rings. The lowest BCUT2D eigenvalue weighted by Gasteiger charge is -2.34. The van der Waals surface area contributed by atoms with Crippen molar-refractivity contribution in [3.63, 3.8) is 0 Å². The van der Waals surface area contributed by atoms with Gasteiger partial charge >= 0.3 is 0 Å². The fraction of sp³-hybridized carbons (Fsp3) is 0.667. The Hall–Kier alpha value is -1.44. The first kappa shape index (κ1) is 19.9. The van der Waals surface area contributed by atoms with E-state index in [4.69, 9.17) is 0 Å². The van der Waals surface area contributed by atoms with Gasteiger partial charge in [-0.1, -0.05) is 30.3 Å². The van der Waals surface area contributed by atoms with E-state index < -0.39 is 10.0 Å². The molecule has 2 aliphatic heterocycles. The third-order valence-corrected chi connectivity index (χ3v) is 8.20. The van der Waals surface area contributed by atoms with Gasteiger partial charge in [-0.15, -0.1) is 0 Å². The predicted octanol–water partition coefficient (Wildman–Crippen LogP) is 1.97. The molecule has 1 amide bonds. The first-order valence-electron chi connectivity index (χ1n) is 10.6. The van der Waals surface area contributed by atoms with Crippen molar-refractivity contribution in [1.29, 1.82) is 0 Å². The number of nitrogens with zero attached hydrogens (tertiary/aromatic N) is 2. The van der Waals surface area contributed by atoms with Crippen LogP contribution in [0.3, 0.4) is 0 Å². The van der Waals surface area contributed by atoms with Crippen LogP contribution in [0.1, 0.15) is 44.1 Å². The van der Waals surface area contributed by atoms with Crippen molar-refractivity contribution in [3.8, 4) is 0 Å². The minimum atomic E-state index is -3.33. The third kappa shape index (κ3) is 4.93. The number of carbonyl (C=O) groups is 1. The zero-order chi connectivity index (χ0) is 19.6. The van der Waals surface area contributed by atoms with Crippen LogP contribution >= 0.6 is 0 Å². The molecule has 0 unspecified atom stereocenters. The Kier molecular flexibility index (Phi) is 6.04. The summed E-state index contributed by atoms with van der Waals surface area (Å²) >= 11 is 0. The van der Waals surface area contributed by atoms with Crippen molar-refractivity contribution in [2.24, 2.45) is 5.92 Å². The molecule has 1 saturated carbocycles. The molecule has 0 aromatic heterocycles. The molecule has 1 aliphatic carbocycles. The highest BCUT2D eigenvalue weighted by Gasteiger charge is 2.34. The maximum Gasteiger partial charge on any atom is 0.223 e. The zero-order valence-corrected chi connectivity index (χ0v) is 17.2. The van der Waals surface area contributed by atoms with E-state index in [9.17, 15) is 13.2 Å². The van der Waals surface area contributed by atoms with Gasteiger partial charge in [0.1, 0.15) is 0 Å². The van der Waals surface area contributed by atoms with Crippen LogP contribution in [0, 0.1) is 5.92 Å². The molecule has 0 bridgehead atoms. The standard InChI is InChI=1S/C21H31N3O3S/c25-21(22-19-10-12-23(13-11-19)20-6-7-20)18-8-14-24(15-9-18)28(26,27)16-17-4-2-1-3-5-17/h1-5,18-20H,6-16H2,(H,22,25). The number of sulfonamides is 1. The number of rotatable bonds is 6. The lowest BCUT2D eigenvalue weighted by Crippen LogP contribution is -2.49. The van der Waals surface area contributed by atoms with Crippen molar-refractivity contribution < 1.29 is 13.2 Å². The van der Waals surface area contributed by atoms with Crippen LogP contribution in [0.2, 0.25) is 0 Å². The van der Waals surface area contributed by atoms with Gasteiger partial charge in [0.05, 0.1) is 5.75 Å². The average molecular weight is 406 g/mol. The number of hydrogen-bond donors (Lipinski definition) is 1. The summed E-state index contributed by atoms with van der Waals surface area (Å²) in [6.45, 7) is 3.05. The largest absolute Gasteiger partial charge is 0.353 e. The number of piperidine rings is 2. The van der Waals surface area contributed by atoms with E-state index in [-0.39, 0.29) is 23.6 Å². The van der Waals surface area contributed by atoms with E-state index in [1.807, 2.05) is 30.3 Å². The quantitative estimate of drug-likeness (QED) is 0.786. The second-order valence-electron chi connectivity index (χ2n) is 8.47. The Morgan fingerprint density at radius 1 is 0.929 bits per heavy atom. The molecule has 0 atom stereocenters. The van der Waals surface area contributed by atoms with Gasteiger partial charge in [-0.2, -0.15) is 0 Å². The van der Waals surface area contributed by atoms with E-state index >= 15 is 0 Å². The van der Waals surface area contributed by atoms with Crippen LogP contribution in [0.5, 0.6) is 0 Å². The van der Waals surface area contributed by atoms with E-state index in [0.29, 0.717) is 25.9 Å². The van der Waals surface area contributed by atoms with Crippen molar-refractivity contribution in [1.82, 2.24) is 14.5 Å². The van der Waals surface area contributed by atoms with E-state index in [1.54, 1.807) is 4.31 Å². The molecule has 6 nitrogen and oxygen atoms in total. The zero-order valence-electron chi connectivity index (χ0n) is 16.4. The molecule has 154 valence electrons. The van der Waals surface area contributed by atoms with Gasteiger partial charge in [0, 0.05) is 44.2 Å². The van der Waals surface area contributed by atoms with Crippen molar-refractivity contribution in [3.05, 3.63) is 35.9 Å². The lowest BCUT2D eigenvalue weighted by molar-refractivity contribution is -0.127.